The van der Waals surface area contributed by atoms with Crippen LogP contribution in [0.5, 0.6) is 5.75 Å². The van der Waals surface area contributed by atoms with E-state index in [1.807, 2.05) is 47.4 Å². The van der Waals surface area contributed by atoms with Gasteiger partial charge in [0.25, 0.3) is 5.91 Å². The van der Waals surface area contributed by atoms with E-state index in [4.69, 9.17) is 10.5 Å². The van der Waals surface area contributed by atoms with Crippen LogP contribution >= 0.6 is 0 Å². The lowest BCUT2D eigenvalue weighted by Gasteiger charge is -2.41. The van der Waals surface area contributed by atoms with Crippen LogP contribution in [0.4, 0.5) is 5.69 Å². The zero-order valence-electron chi connectivity index (χ0n) is 18.1. The van der Waals surface area contributed by atoms with Crippen LogP contribution in [0, 0.1) is 0 Å². The predicted molar refractivity (Wildman–Crippen MR) is 120 cm³/mol. The molecule has 2 aromatic carbocycles. The first-order chi connectivity index (χ1) is 14.9. The molecule has 1 saturated heterocycles. The Morgan fingerprint density at radius 3 is 2.90 bits per heavy atom. The van der Waals surface area contributed by atoms with Crippen molar-refractivity contribution in [3.63, 3.8) is 0 Å². The Kier molecular flexibility index (Phi) is 5.98. The van der Waals surface area contributed by atoms with Gasteiger partial charge in [0, 0.05) is 37.3 Å². The number of carbonyl (C=O) groups is 2. The number of anilines is 1. The number of likely N-dealkylation sites (tertiary alicyclic amines) is 1. The number of para-hydroxylation sites is 1. The minimum atomic E-state index is -0.491. The molecule has 3 unspecified atom stereocenters. The summed E-state index contributed by atoms with van der Waals surface area (Å²) in [4.78, 5) is 27.2. The molecule has 0 radical (unpaired) electrons. The number of ether oxygens (including phenoxy) is 1. The van der Waals surface area contributed by atoms with Crippen LogP contribution in [-0.2, 0) is 16.0 Å². The fraction of sp³-hybridized carbons (Fsp3) is 0.417. The molecular weight excluding hydrogens is 392 g/mol. The second-order valence-electron chi connectivity index (χ2n) is 8.65. The Hall–Kier alpha value is -2.90. The average Bonchev–Trinajstić information content (AvgIpc) is 3.34. The Labute approximate surface area is 183 Å². The predicted octanol–water partition coefficient (Wildman–Crippen LogP) is 2.21. The van der Waals surface area contributed by atoms with Crippen molar-refractivity contribution in [1.29, 1.82) is 0 Å². The van der Waals surface area contributed by atoms with Crippen molar-refractivity contribution >= 4 is 18.0 Å². The van der Waals surface area contributed by atoms with E-state index in [-0.39, 0.29) is 18.3 Å². The van der Waals surface area contributed by atoms with Crippen LogP contribution < -0.4 is 20.7 Å². The summed E-state index contributed by atoms with van der Waals surface area (Å²) in [6.45, 7) is 5.96. The van der Waals surface area contributed by atoms with Crippen molar-refractivity contribution in [3.05, 3.63) is 59.7 Å². The molecule has 1 fully saturated rings. The first kappa shape index (κ1) is 21.3. The molecule has 3 N–H and O–H groups in total. The Balaban J connectivity index is 1.40. The van der Waals surface area contributed by atoms with Gasteiger partial charge in [-0.25, -0.2) is 0 Å². The van der Waals surface area contributed by atoms with Crippen LogP contribution in [0.1, 0.15) is 37.4 Å². The second-order valence-corrected chi connectivity index (χ2v) is 8.65. The molecule has 3 atom stereocenters. The Morgan fingerprint density at radius 2 is 2.13 bits per heavy atom. The molecule has 0 bridgehead atoms. The maximum atomic E-state index is 12.0. The number of rotatable bonds is 8. The highest BCUT2D eigenvalue weighted by Gasteiger charge is 2.46. The molecule has 2 aliphatic heterocycles. The van der Waals surface area contributed by atoms with Crippen molar-refractivity contribution in [2.24, 2.45) is 5.73 Å². The number of nitrogens with two attached hydrogens (primary N) is 1. The third-order valence-corrected chi connectivity index (χ3v) is 6.50. The van der Waals surface area contributed by atoms with E-state index >= 15 is 0 Å². The van der Waals surface area contributed by atoms with Crippen LogP contribution in [-0.4, -0.2) is 48.6 Å². The van der Waals surface area contributed by atoms with E-state index < -0.39 is 5.91 Å². The fourth-order valence-corrected chi connectivity index (χ4v) is 4.85. The molecular formula is C24H30N4O3. The molecule has 31 heavy (non-hydrogen) atoms. The monoisotopic (exact) mass is 422 g/mol. The summed E-state index contributed by atoms with van der Waals surface area (Å²) >= 11 is 0. The van der Waals surface area contributed by atoms with Gasteiger partial charge in [0.2, 0.25) is 6.41 Å². The maximum Gasteiger partial charge on any atom is 0.255 e. The van der Waals surface area contributed by atoms with E-state index in [1.165, 1.54) is 5.56 Å². The lowest BCUT2D eigenvalue weighted by molar-refractivity contribution is -0.120. The van der Waals surface area contributed by atoms with E-state index in [1.54, 1.807) is 0 Å². The third-order valence-electron chi connectivity index (χ3n) is 6.50. The van der Waals surface area contributed by atoms with Gasteiger partial charge in [0.05, 0.1) is 0 Å². The molecule has 2 amide bonds. The highest BCUT2D eigenvalue weighted by molar-refractivity contribution is 5.82. The van der Waals surface area contributed by atoms with Gasteiger partial charge >= 0.3 is 0 Å². The Morgan fingerprint density at radius 1 is 1.32 bits per heavy atom. The number of nitrogens with zero attached hydrogens (tertiary/aromatic N) is 2. The van der Waals surface area contributed by atoms with Crippen molar-refractivity contribution in [2.45, 2.75) is 44.4 Å². The molecule has 0 aliphatic carbocycles. The second kappa shape index (κ2) is 8.69. The lowest BCUT2D eigenvalue weighted by Crippen LogP contribution is -2.57. The minimum absolute atomic E-state index is 0.123. The maximum absolute atomic E-state index is 12.0. The van der Waals surface area contributed by atoms with Crippen LogP contribution in [0.3, 0.4) is 0 Å². The van der Waals surface area contributed by atoms with E-state index in [0.29, 0.717) is 11.8 Å². The molecule has 164 valence electrons. The van der Waals surface area contributed by atoms with E-state index in [2.05, 4.69) is 30.1 Å². The third kappa shape index (κ3) is 4.29. The van der Waals surface area contributed by atoms with Crippen LogP contribution in [0.25, 0.3) is 0 Å². The zero-order chi connectivity index (χ0) is 22.0. The van der Waals surface area contributed by atoms with Crippen molar-refractivity contribution in [3.8, 4) is 5.75 Å². The van der Waals surface area contributed by atoms with Gasteiger partial charge in [-0.05, 0) is 49.6 Å². The number of amides is 2. The molecule has 4 rings (SSSR count). The minimum Gasteiger partial charge on any atom is -0.484 e. The molecule has 2 aliphatic rings. The number of benzene rings is 2. The molecule has 0 aromatic heterocycles. The van der Waals surface area contributed by atoms with Crippen LogP contribution in [0.2, 0.25) is 0 Å². The summed E-state index contributed by atoms with van der Waals surface area (Å²) in [6, 6.07) is 16.3. The van der Waals surface area contributed by atoms with Gasteiger partial charge in [0.15, 0.2) is 6.61 Å². The van der Waals surface area contributed by atoms with Crippen LogP contribution in [0.15, 0.2) is 48.5 Å². The summed E-state index contributed by atoms with van der Waals surface area (Å²) in [5, 5.41) is 3.72. The van der Waals surface area contributed by atoms with Crippen molar-refractivity contribution < 1.29 is 14.3 Å². The van der Waals surface area contributed by atoms with Gasteiger partial charge in [-0.1, -0.05) is 30.3 Å². The van der Waals surface area contributed by atoms with Gasteiger partial charge in [0.1, 0.15) is 11.4 Å². The standard InChI is InChI=1S/C24H30N4O3/c1-17(18-7-5-8-21(12-18)31-15-23(25)30)26-20-10-11-27(14-20)24(2)13-19-6-3-4-9-22(19)28(24)16-29/h3-9,12,16-17,20,26H,10-11,13-15H2,1-2H3,(H2,25,30). The first-order valence-electron chi connectivity index (χ1n) is 10.8. The summed E-state index contributed by atoms with van der Waals surface area (Å²) in [5.41, 5.74) is 8.15. The SMILES string of the molecule is CC(NC1CCN(C2(C)Cc3ccccc3N2C=O)C1)c1cccc(OCC(N)=O)c1. The summed E-state index contributed by atoms with van der Waals surface area (Å²) in [7, 11) is 0. The van der Waals surface area contributed by atoms with Gasteiger partial charge in [-0.15, -0.1) is 0 Å². The molecule has 7 nitrogen and oxygen atoms in total. The van der Waals surface area contributed by atoms with Crippen molar-refractivity contribution in [2.75, 3.05) is 24.6 Å². The van der Waals surface area contributed by atoms with E-state index in [9.17, 15) is 9.59 Å². The number of hydrogen-bond donors (Lipinski definition) is 2. The molecule has 7 heteroatoms. The van der Waals surface area contributed by atoms with Gasteiger partial charge in [-0.2, -0.15) is 0 Å². The molecule has 2 heterocycles. The topological polar surface area (TPSA) is 87.9 Å². The summed E-state index contributed by atoms with van der Waals surface area (Å²) in [5.74, 6) is 0.144. The Bertz CT molecular complexity index is 965. The van der Waals surface area contributed by atoms with Crippen molar-refractivity contribution in [1.82, 2.24) is 10.2 Å². The molecule has 0 spiro atoms. The first-order valence-corrected chi connectivity index (χ1v) is 10.8. The smallest absolute Gasteiger partial charge is 0.255 e. The highest BCUT2D eigenvalue weighted by atomic mass is 16.5. The number of nitrogens with one attached hydrogen (secondary N) is 1. The summed E-state index contributed by atoms with van der Waals surface area (Å²) in [6.07, 6.45) is 2.82. The van der Waals surface area contributed by atoms with E-state index in [0.717, 1.165) is 43.6 Å². The quantitative estimate of drug-likeness (QED) is 0.637. The highest BCUT2D eigenvalue weighted by Crippen LogP contribution is 2.41. The number of primary amides is 1. The lowest BCUT2D eigenvalue weighted by atomic mass is 10.0. The number of fused-ring (bicyclic) bond motifs is 1. The molecule has 2 aromatic rings. The zero-order valence-corrected chi connectivity index (χ0v) is 18.1. The number of hydrogen-bond acceptors (Lipinski definition) is 5. The molecule has 0 saturated carbocycles. The summed E-state index contributed by atoms with van der Waals surface area (Å²) < 4.78 is 5.43. The normalized spacial score (nSPS) is 24.1. The van der Waals surface area contributed by atoms with Gasteiger partial charge < -0.3 is 15.8 Å². The largest absolute Gasteiger partial charge is 0.484 e. The van der Waals surface area contributed by atoms with Gasteiger partial charge in [-0.3, -0.25) is 19.4 Å². The fourth-order valence-electron chi connectivity index (χ4n) is 4.85. The number of carbonyl (C=O) groups excluding carboxylic acids is 2. The average molecular weight is 423 g/mol.